The highest BCUT2D eigenvalue weighted by molar-refractivity contribution is 9.10. The Kier molecular flexibility index (Phi) is 5.00. The number of halogens is 1. The fraction of sp³-hybridized carbons (Fsp3) is 0.0526. The van der Waals surface area contributed by atoms with E-state index in [-0.39, 0.29) is 11.3 Å². The summed E-state index contributed by atoms with van der Waals surface area (Å²) in [5, 5.41) is 2.67. The van der Waals surface area contributed by atoms with Gasteiger partial charge >= 0.3 is 5.97 Å². The summed E-state index contributed by atoms with van der Waals surface area (Å²) in [6, 6.07) is 17.5. The van der Waals surface area contributed by atoms with Crippen molar-refractivity contribution in [1.29, 1.82) is 0 Å². The predicted octanol–water partition coefficient (Wildman–Crippen LogP) is 4.75. The van der Waals surface area contributed by atoms with Crippen LogP contribution >= 0.6 is 15.9 Å². The third kappa shape index (κ3) is 3.80. The summed E-state index contributed by atoms with van der Waals surface area (Å²) < 4.78 is 11.3. The van der Waals surface area contributed by atoms with Crippen LogP contribution in [-0.2, 0) is 4.74 Å². The monoisotopic (exact) mass is 399 g/mol. The van der Waals surface area contributed by atoms with Crippen molar-refractivity contribution in [2.24, 2.45) is 0 Å². The normalized spacial score (nSPS) is 10.3. The highest BCUT2D eigenvalue weighted by atomic mass is 79.9. The molecule has 3 rings (SSSR count). The lowest BCUT2D eigenvalue weighted by molar-refractivity contribution is 0.0602. The number of benzene rings is 2. The van der Waals surface area contributed by atoms with Gasteiger partial charge in [0, 0.05) is 10.0 Å². The maximum absolute atomic E-state index is 12.4. The zero-order valence-electron chi connectivity index (χ0n) is 13.3. The second-order valence-electron chi connectivity index (χ2n) is 5.16. The number of methoxy groups -OCH3 is 1. The molecule has 1 aromatic heterocycles. The van der Waals surface area contributed by atoms with Crippen molar-refractivity contribution in [2.45, 2.75) is 0 Å². The molecule has 0 unspecified atom stereocenters. The smallest absolute Gasteiger partial charge is 0.339 e. The van der Waals surface area contributed by atoms with Gasteiger partial charge < -0.3 is 14.5 Å². The minimum Gasteiger partial charge on any atom is -0.465 e. The molecule has 0 saturated carbocycles. The van der Waals surface area contributed by atoms with Crippen molar-refractivity contribution in [2.75, 3.05) is 12.4 Å². The fourth-order valence-electron chi connectivity index (χ4n) is 2.29. The van der Waals surface area contributed by atoms with Crippen molar-refractivity contribution in [3.05, 3.63) is 76.5 Å². The molecule has 2 aromatic carbocycles. The van der Waals surface area contributed by atoms with Crippen molar-refractivity contribution < 1.29 is 18.7 Å². The highest BCUT2D eigenvalue weighted by Crippen LogP contribution is 2.25. The topological polar surface area (TPSA) is 68.5 Å². The van der Waals surface area contributed by atoms with E-state index in [0.29, 0.717) is 11.4 Å². The Morgan fingerprint density at radius 1 is 1.00 bits per heavy atom. The molecule has 0 atom stereocenters. The highest BCUT2D eigenvalue weighted by Gasteiger charge is 2.17. The number of hydrogen-bond donors (Lipinski definition) is 1. The molecule has 0 spiro atoms. The Morgan fingerprint density at radius 3 is 2.44 bits per heavy atom. The zero-order valence-corrected chi connectivity index (χ0v) is 14.9. The SMILES string of the molecule is COC(=O)c1ccccc1NC(=O)c1ccc(-c2ccc(Br)cc2)o1. The molecule has 6 heteroatoms. The first kappa shape index (κ1) is 17.0. The molecule has 0 fully saturated rings. The van der Waals surface area contributed by atoms with Crippen molar-refractivity contribution in [3.63, 3.8) is 0 Å². The lowest BCUT2D eigenvalue weighted by Crippen LogP contribution is -2.14. The third-order valence-electron chi connectivity index (χ3n) is 3.54. The van der Waals surface area contributed by atoms with Gasteiger partial charge in [0.1, 0.15) is 5.76 Å². The Hall–Kier alpha value is -2.86. The van der Waals surface area contributed by atoms with Gasteiger partial charge in [0.2, 0.25) is 0 Å². The molecule has 1 heterocycles. The standard InChI is InChI=1S/C19H14BrNO4/c1-24-19(23)14-4-2-3-5-15(14)21-18(22)17-11-10-16(25-17)12-6-8-13(20)9-7-12/h2-11H,1H3,(H,21,22). The van der Waals surface area contributed by atoms with E-state index in [4.69, 9.17) is 9.15 Å². The summed E-state index contributed by atoms with van der Waals surface area (Å²) in [7, 11) is 1.29. The zero-order chi connectivity index (χ0) is 17.8. The van der Waals surface area contributed by atoms with Gasteiger partial charge in [-0.05, 0) is 36.4 Å². The Bertz CT molecular complexity index is 915. The van der Waals surface area contributed by atoms with Gasteiger partial charge in [0.15, 0.2) is 5.76 Å². The number of nitrogens with one attached hydrogen (secondary N) is 1. The average Bonchev–Trinajstić information content (AvgIpc) is 3.12. The number of furan rings is 1. The Morgan fingerprint density at radius 2 is 1.72 bits per heavy atom. The number of rotatable bonds is 4. The summed E-state index contributed by atoms with van der Waals surface area (Å²) >= 11 is 3.38. The van der Waals surface area contributed by atoms with Crippen LogP contribution in [0.1, 0.15) is 20.9 Å². The third-order valence-corrected chi connectivity index (χ3v) is 4.07. The fourth-order valence-corrected chi connectivity index (χ4v) is 2.56. The van der Waals surface area contributed by atoms with Crippen LogP contribution in [0.15, 0.2) is 69.6 Å². The van der Waals surface area contributed by atoms with Crippen LogP contribution in [-0.4, -0.2) is 19.0 Å². The first-order valence-corrected chi connectivity index (χ1v) is 8.22. The van der Waals surface area contributed by atoms with Gasteiger partial charge in [0.25, 0.3) is 5.91 Å². The second-order valence-corrected chi connectivity index (χ2v) is 6.08. The van der Waals surface area contributed by atoms with E-state index in [0.717, 1.165) is 10.0 Å². The maximum atomic E-state index is 12.4. The molecule has 126 valence electrons. The number of carbonyl (C=O) groups excluding carboxylic acids is 2. The molecule has 0 bridgehead atoms. The molecule has 0 aliphatic carbocycles. The summed E-state index contributed by atoms with van der Waals surface area (Å²) in [5.74, 6) is -0.234. The average molecular weight is 400 g/mol. The van der Waals surface area contributed by atoms with Crippen LogP contribution in [0.5, 0.6) is 0 Å². The van der Waals surface area contributed by atoms with E-state index in [2.05, 4.69) is 21.2 Å². The van der Waals surface area contributed by atoms with E-state index in [1.54, 1.807) is 36.4 Å². The van der Waals surface area contributed by atoms with Crippen LogP contribution in [0.3, 0.4) is 0 Å². The van der Waals surface area contributed by atoms with E-state index >= 15 is 0 Å². The molecule has 5 nitrogen and oxygen atoms in total. The molecule has 1 N–H and O–H groups in total. The molecule has 0 aliphatic heterocycles. The Labute approximate surface area is 152 Å². The summed E-state index contributed by atoms with van der Waals surface area (Å²) in [5.41, 5.74) is 1.50. The van der Waals surface area contributed by atoms with Gasteiger partial charge in [-0.1, -0.05) is 40.2 Å². The van der Waals surface area contributed by atoms with Crippen molar-refractivity contribution in [1.82, 2.24) is 0 Å². The number of hydrogen-bond acceptors (Lipinski definition) is 4. The van der Waals surface area contributed by atoms with Crippen LogP contribution in [0.25, 0.3) is 11.3 Å². The molecule has 3 aromatic rings. The van der Waals surface area contributed by atoms with Crippen LogP contribution in [0, 0.1) is 0 Å². The molecule has 0 radical (unpaired) electrons. The van der Waals surface area contributed by atoms with Crippen LogP contribution in [0.2, 0.25) is 0 Å². The maximum Gasteiger partial charge on any atom is 0.339 e. The van der Waals surface area contributed by atoms with Crippen molar-refractivity contribution >= 4 is 33.5 Å². The van der Waals surface area contributed by atoms with E-state index < -0.39 is 11.9 Å². The van der Waals surface area contributed by atoms with Crippen LogP contribution < -0.4 is 5.32 Å². The van der Waals surface area contributed by atoms with Gasteiger partial charge in [-0.25, -0.2) is 4.79 Å². The van der Waals surface area contributed by atoms with E-state index in [1.807, 2.05) is 24.3 Å². The molecule has 0 aliphatic rings. The lowest BCUT2D eigenvalue weighted by Gasteiger charge is -2.08. The van der Waals surface area contributed by atoms with E-state index in [9.17, 15) is 9.59 Å². The van der Waals surface area contributed by atoms with Gasteiger partial charge in [-0.2, -0.15) is 0 Å². The summed E-state index contributed by atoms with van der Waals surface area (Å²) in [6.45, 7) is 0. The minimum atomic E-state index is -0.522. The van der Waals surface area contributed by atoms with Crippen molar-refractivity contribution in [3.8, 4) is 11.3 Å². The quantitative estimate of drug-likeness (QED) is 0.642. The van der Waals surface area contributed by atoms with Gasteiger partial charge in [-0.15, -0.1) is 0 Å². The molecular weight excluding hydrogens is 386 g/mol. The first-order valence-electron chi connectivity index (χ1n) is 7.43. The molecular formula is C19H14BrNO4. The first-order chi connectivity index (χ1) is 12.1. The Balaban J connectivity index is 1.81. The minimum absolute atomic E-state index is 0.151. The molecule has 1 amide bonds. The predicted molar refractivity (Wildman–Crippen MR) is 97.6 cm³/mol. The number of anilines is 1. The largest absolute Gasteiger partial charge is 0.465 e. The van der Waals surface area contributed by atoms with Gasteiger partial charge in [-0.3, -0.25) is 4.79 Å². The number of carbonyl (C=O) groups is 2. The number of esters is 1. The number of ether oxygens (including phenoxy) is 1. The summed E-state index contributed by atoms with van der Waals surface area (Å²) in [6.07, 6.45) is 0. The van der Waals surface area contributed by atoms with E-state index in [1.165, 1.54) is 7.11 Å². The lowest BCUT2D eigenvalue weighted by atomic mass is 10.1. The molecule has 25 heavy (non-hydrogen) atoms. The second kappa shape index (κ2) is 7.36. The molecule has 0 saturated heterocycles. The number of para-hydroxylation sites is 1. The summed E-state index contributed by atoms with van der Waals surface area (Å²) in [4.78, 5) is 24.2. The van der Waals surface area contributed by atoms with Gasteiger partial charge in [0.05, 0.1) is 18.4 Å². The number of amides is 1. The van der Waals surface area contributed by atoms with Crippen LogP contribution in [0.4, 0.5) is 5.69 Å².